The lowest BCUT2D eigenvalue weighted by Crippen LogP contribution is -2.27. The quantitative estimate of drug-likeness (QED) is 0.755. The summed E-state index contributed by atoms with van der Waals surface area (Å²) in [6.07, 6.45) is -3.50. The van der Waals surface area contributed by atoms with Crippen molar-refractivity contribution in [2.45, 2.75) is 12.2 Å². The fourth-order valence-electron chi connectivity index (χ4n) is 0.653. The molecule has 1 aromatic heterocycles. The van der Waals surface area contributed by atoms with Crippen LogP contribution in [0.15, 0.2) is 16.7 Å². The third kappa shape index (κ3) is 1.92. The second-order valence-electron chi connectivity index (χ2n) is 2.19. The average molecular weight is 200 g/mol. The second-order valence-corrected chi connectivity index (χ2v) is 2.62. The molecule has 0 saturated heterocycles. The molecule has 0 spiro atoms. The standard InChI is InChI=1S/C6H5ClF3NO/c7-3-1-4(12-2-3)5(11)6(8,9)10/h1-2,5H,11H2. The molecular formula is C6H5ClF3NO. The fourth-order valence-corrected chi connectivity index (χ4v) is 0.805. The van der Waals surface area contributed by atoms with Crippen LogP contribution in [-0.2, 0) is 0 Å². The van der Waals surface area contributed by atoms with Crippen molar-refractivity contribution in [3.05, 3.63) is 23.1 Å². The number of halogens is 4. The van der Waals surface area contributed by atoms with Crippen molar-refractivity contribution in [3.63, 3.8) is 0 Å². The first kappa shape index (κ1) is 9.41. The van der Waals surface area contributed by atoms with Crippen molar-refractivity contribution in [1.82, 2.24) is 0 Å². The van der Waals surface area contributed by atoms with E-state index in [4.69, 9.17) is 17.3 Å². The van der Waals surface area contributed by atoms with Crippen LogP contribution in [0.2, 0.25) is 5.02 Å². The third-order valence-corrected chi connectivity index (χ3v) is 1.45. The first-order valence-corrected chi connectivity index (χ1v) is 3.35. The lowest BCUT2D eigenvalue weighted by Gasteiger charge is -2.11. The minimum atomic E-state index is -4.50. The van der Waals surface area contributed by atoms with Crippen LogP contribution < -0.4 is 5.73 Å². The van der Waals surface area contributed by atoms with Gasteiger partial charge in [-0.05, 0) is 0 Å². The minimum absolute atomic E-state index is 0.102. The molecule has 68 valence electrons. The van der Waals surface area contributed by atoms with Crippen LogP contribution in [0.3, 0.4) is 0 Å². The molecule has 12 heavy (non-hydrogen) atoms. The highest BCUT2D eigenvalue weighted by atomic mass is 35.5. The Morgan fingerprint density at radius 3 is 2.42 bits per heavy atom. The molecule has 0 bridgehead atoms. The lowest BCUT2D eigenvalue weighted by atomic mass is 10.2. The van der Waals surface area contributed by atoms with Gasteiger partial charge in [0.1, 0.15) is 12.0 Å². The summed E-state index contributed by atoms with van der Waals surface area (Å²) in [4.78, 5) is 0. The predicted octanol–water partition coefficient (Wildman–Crippen LogP) is 2.50. The molecular weight excluding hydrogens is 195 g/mol. The van der Waals surface area contributed by atoms with Crippen molar-refractivity contribution in [2.24, 2.45) is 5.73 Å². The Labute approximate surface area is 71.1 Å². The average Bonchev–Trinajstić information content (AvgIpc) is 2.32. The highest BCUT2D eigenvalue weighted by molar-refractivity contribution is 6.30. The highest BCUT2D eigenvalue weighted by Gasteiger charge is 2.39. The zero-order valence-electron chi connectivity index (χ0n) is 5.73. The van der Waals surface area contributed by atoms with Crippen LogP contribution >= 0.6 is 11.6 Å². The molecule has 1 heterocycles. The van der Waals surface area contributed by atoms with Gasteiger partial charge in [-0.25, -0.2) is 0 Å². The molecule has 0 aromatic carbocycles. The Morgan fingerprint density at radius 1 is 1.50 bits per heavy atom. The summed E-state index contributed by atoms with van der Waals surface area (Å²) in [5.74, 6) is -0.382. The van der Waals surface area contributed by atoms with Crippen LogP contribution in [0, 0.1) is 0 Å². The summed E-state index contributed by atoms with van der Waals surface area (Å²) >= 11 is 5.34. The highest BCUT2D eigenvalue weighted by Crippen LogP contribution is 2.31. The Bertz CT molecular complexity index is 270. The molecule has 0 aliphatic rings. The molecule has 2 N–H and O–H groups in total. The number of hydrogen-bond donors (Lipinski definition) is 1. The summed E-state index contributed by atoms with van der Waals surface area (Å²) in [5.41, 5.74) is 4.81. The Morgan fingerprint density at radius 2 is 2.08 bits per heavy atom. The molecule has 0 aliphatic carbocycles. The summed E-state index contributed by atoms with van der Waals surface area (Å²) < 4.78 is 40.2. The molecule has 1 aromatic rings. The van der Waals surface area contributed by atoms with E-state index in [-0.39, 0.29) is 10.8 Å². The topological polar surface area (TPSA) is 39.2 Å². The largest absolute Gasteiger partial charge is 0.466 e. The van der Waals surface area contributed by atoms with E-state index in [9.17, 15) is 13.2 Å². The Kier molecular flexibility index (Phi) is 2.34. The third-order valence-electron chi connectivity index (χ3n) is 1.25. The van der Waals surface area contributed by atoms with Gasteiger partial charge in [0.05, 0.1) is 5.02 Å². The first-order chi connectivity index (χ1) is 5.41. The number of furan rings is 1. The normalized spacial score (nSPS) is 14.8. The van der Waals surface area contributed by atoms with Gasteiger partial charge in [-0.15, -0.1) is 0 Å². The van der Waals surface area contributed by atoms with Gasteiger partial charge in [-0.2, -0.15) is 13.2 Å². The van der Waals surface area contributed by atoms with Crippen molar-refractivity contribution in [2.75, 3.05) is 0 Å². The van der Waals surface area contributed by atoms with E-state index >= 15 is 0 Å². The van der Waals surface area contributed by atoms with E-state index < -0.39 is 12.2 Å². The minimum Gasteiger partial charge on any atom is -0.466 e. The maximum Gasteiger partial charge on any atom is 0.410 e. The van der Waals surface area contributed by atoms with E-state index in [1.807, 2.05) is 0 Å². The fraction of sp³-hybridized carbons (Fsp3) is 0.333. The molecule has 1 unspecified atom stereocenters. The maximum atomic E-state index is 11.9. The van der Waals surface area contributed by atoms with Gasteiger partial charge in [0.2, 0.25) is 0 Å². The van der Waals surface area contributed by atoms with Crippen LogP contribution in [0.4, 0.5) is 13.2 Å². The number of alkyl halides is 3. The smallest absolute Gasteiger partial charge is 0.410 e. The van der Waals surface area contributed by atoms with Crippen LogP contribution in [0.1, 0.15) is 11.8 Å². The van der Waals surface area contributed by atoms with Gasteiger partial charge in [-0.1, -0.05) is 11.6 Å². The Hall–Kier alpha value is -0.680. The van der Waals surface area contributed by atoms with Gasteiger partial charge in [0.15, 0.2) is 6.04 Å². The zero-order chi connectivity index (χ0) is 9.35. The van der Waals surface area contributed by atoms with Gasteiger partial charge in [-0.3, -0.25) is 0 Å². The van der Waals surface area contributed by atoms with E-state index in [1.54, 1.807) is 0 Å². The molecule has 0 saturated carbocycles. The second kappa shape index (κ2) is 2.99. The summed E-state index contributed by atoms with van der Waals surface area (Å²) in [6.45, 7) is 0. The van der Waals surface area contributed by atoms with Crippen LogP contribution in [-0.4, -0.2) is 6.18 Å². The summed E-state index contributed by atoms with van der Waals surface area (Å²) in [5, 5.41) is 0.102. The lowest BCUT2D eigenvalue weighted by molar-refractivity contribution is -0.152. The summed E-state index contributed by atoms with van der Waals surface area (Å²) in [7, 11) is 0. The van der Waals surface area contributed by atoms with Gasteiger partial charge < -0.3 is 10.2 Å². The predicted molar refractivity (Wildman–Crippen MR) is 36.7 cm³/mol. The van der Waals surface area contributed by atoms with Gasteiger partial charge in [0.25, 0.3) is 0 Å². The molecule has 0 amide bonds. The first-order valence-electron chi connectivity index (χ1n) is 2.97. The monoisotopic (exact) mass is 199 g/mol. The molecule has 0 radical (unpaired) electrons. The Balaban J connectivity index is 2.85. The van der Waals surface area contributed by atoms with Crippen molar-refractivity contribution in [1.29, 1.82) is 0 Å². The van der Waals surface area contributed by atoms with Crippen molar-refractivity contribution < 1.29 is 17.6 Å². The van der Waals surface area contributed by atoms with Crippen molar-refractivity contribution >= 4 is 11.6 Å². The molecule has 2 nitrogen and oxygen atoms in total. The van der Waals surface area contributed by atoms with Crippen LogP contribution in [0.25, 0.3) is 0 Å². The molecule has 1 atom stereocenters. The summed E-state index contributed by atoms with van der Waals surface area (Å²) in [6, 6.07) is -1.07. The van der Waals surface area contributed by atoms with Gasteiger partial charge in [0, 0.05) is 6.07 Å². The van der Waals surface area contributed by atoms with E-state index in [0.29, 0.717) is 0 Å². The molecule has 1 rings (SSSR count). The SMILES string of the molecule is NC(c1cc(Cl)co1)C(F)(F)F. The molecule has 0 aliphatic heterocycles. The van der Waals surface area contributed by atoms with Gasteiger partial charge >= 0.3 is 6.18 Å². The molecule has 0 fully saturated rings. The van der Waals surface area contributed by atoms with Crippen LogP contribution in [0.5, 0.6) is 0 Å². The number of hydrogen-bond acceptors (Lipinski definition) is 2. The van der Waals surface area contributed by atoms with E-state index in [1.165, 1.54) is 0 Å². The number of rotatable bonds is 1. The zero-order valence-corrected chi connectivity index (χ0v) is 6.49. The maximum absolute atomic E-state index is 11.9. The van der Waals surface area contributed by atoms with Crippen molar-refractivity contribution in [3.8, 4) is 0 Å². The van der Waals surface area contributed by atoms with E-state index in [2.05, 4.69) is 4.42 Å². The molecule has 6 heteroatoms. The number of nitrogens with two attached hydrogens (primary N) is 1. The van der Waals surface area contributed by atoms with E-state index in [0.717, 1.165) is 12.3 Å².